The lowest BCUT2D eigenvalue weighted by Crippen LogP contribution is -1.71. The predicted octanol–water partition coefficient (Wildman–Crippen LogP) is 4.38. The lowest BCUT2D eigenvalue weighted by Gasteiger charge is -1.95. The summed E-state index contributed by atoms with van der Waals surface area (Å²) in [4.78, 5) is 3.45. The third kappa shape index (κ3) is 1.10. The third-order valence-corrected chi connectivity index (χ3v) is 3.35. The Hall–Kier alpha value is -2.22. The first-order valence-corrected chi connectivity index (χ1v) is 5.71. The summed E-state index contributed by atoms with van der Waals surface area (Å²) in [5, 5.41) is 3.71. The minimum atomic E-state index is 0.944. The molecule has 0 bridgehead atoms. The van der Waals surface area contributed by atoms with Crippen LogP contribution in [0.25, 0.3) is 32.8 Å². The van der Waals surface area contributed by atoms with E-state index in [1.807, 2.05) is 12.1 Å². The molecule has 0 saturated heterocycles. The Bertz CT molecular complexity index is 851. The molecule has 2 aromatic heterocycles. The Labute approximate surface area is 97.8 Å². The van der Waals surface area contributed by atoms with Crippen LogP contribution >= 0.6 is 0 Å². The van der Waals surface area contributed by atoms with Crippen LogP contribution in [-0.2, 0) is 0 Å². The number of rotatable bonds is 0. The van der Waals surface area contributed by atoms with Crippen LogP contribution in [0.15, 0.2) is 47.1 Å². The molecule has 2 aromatic carbocycles. The van der Waals surface area contributed by atoms with Gasteiger partial charge in [0.1, 0.15) is 5.58 Å². The molecule has 0 aliphatic carbocycles. The van der Waals surface area contributed by atoms with Crippen molar-refractivity contribution in [3.8, 4) is 0 Å². The maximum absolute atomic E-state index is 5.46. The van der Waals surface area contributed by atoms with Crippen molar-refractivity contribution in [2.24, 2.45) is 0 Å². The van der Waals surface area contributed by atoms with E-state index in [9.17, 15) is 0 Å². The number of H-pyrrole nitrogens is 1. The number of aromatic amines is 1. The maximum Gasteiger partial charge on any atom is 0.134 e. The van der Waals surface area contributed by atoms with Gasteiger partial charge in [-0.15, -0.1) is 0 Å². The number of hydrogen-bond acceptors (Lipinski definition) is 1. The van der Waals surface area contributed by atoms with E-state index >= 15 is 0 Å². The van der Waals surface area contributed by atoms with Crippen LogP contribution in [0, 0.1) is 6.92 Å². The maximum atomic E-state index is 5.46. The highest BCUT2D eigenvalue weighted by atomic mass is 16.3. The summed E-state index contributed by atoms with van der Waals surface area (Å²) in [7, 11) is 0. The number of nitrogens with one attached hydrogen (secondary N) is 1. The Morgan fingerprint density at radius 2 is 1.82 bits per heavy atom. The quantitative estimate of drug-likeness (QED) is 0.469. The summed E-state index contributed by atoms with van der Waals surface area (Å²) < 4.78 is 5.46. The van der Waals surface area contributed by atoms with Gasteiger partial charge in [0.05, 0.1) is 6.26 Å². The van der Waals surface area contributed by atoms with E-state index in [1.165, 1.54) is 32.8 Å². The van der Waals surface area contributed by atoms with Gasteiger partial charge in [-0.2, -0.15) is 0 Å². The topological polar surface area (TPSA) is 28.9 Å². The van der Waals surface area contributed by atoms with E-state index in [-0.39, 0.29) is 0 Å². The second kappa shape index (κ2) is 2.92. The van der Waals surface area contributed by atoms with Gasteiger partial charge in [0.15, 0.2) is 0 Å². The average Bonchev–Trinajstić information content (AvgIpc) is 2.90. The van der Waals surface area contributed by atoms with Crippen molar-refractivity contribution in [2.75, 3.05) is 0 Å². The first-order valence-electron chi connectivity index (χ1n) is 5.71. The van der Waals surface area contributed by atoms with Gasteiger partial charge in [0.25, 0.3) is 0 Å². The van der Waals surface area contributed by atoms with Crippen LogP contribution in [0.4, 0.5) is 0 Å². The lowest BCUT2D eigenvalue weighted by molar-refractivity contribution is 0.616. The molecule has 0 atom stereocenters. The second-order valence-electron chi connectivity index (χ2n) is 4.49. The fourth-order valence-electron chi connectivity index (χ4n) is 2.56. The van der Waals surface area contributed by atoms with Crippen molar-refractivity contribution in [1.82, 2.24) is 4.98 Å². The van der Waals surface area contributed by atoms with Gasteiger partial charge in [0.2, 0.25) is 0 Å². The highest BCUT2D eigenvalue weighted by molar-refractivity contribution is 6.19. The van der Waals surface area contributed by atoms with Crippen LogP contribution in [0.3, 0.4) is 0 Å². The number of hydrogen-bond donors (Lipinski definition) is 1. The number of aromatic nitrogens is 1. The first-order chi connectivity index (χ1) is 8.33. The molecule has 0 fully saturated rings. The number of benzene rings is 2. The van der Waals surface area contributed by atoms with E-state index in [4.69, 9.17) is 4.42 Å². The van der Waals surface area contributed by atoms with Gasteiger partial charge < -0.3 is 9.40 Å². The molecule has 0 aliphatic heterocycles. The van der Waals surface area contributed by atoms with Crippen LogP contribution < -0.4 is 0 Å². The standard InChI is InChI=1S/C15H11NO/c1-9-2-3-12-11(8-9)15-10-6-7-17-14(10)5-4-13(15)16-12/h2-8,16H,1H3. The van der Waals surface area contributed by atoms with Crippen molar-refractivity contribution in [1.29, 1.82) is 0 Å². The van der Waals surface area contributed by atoms with E-state index < -0.39 is 0 Å². The lowest BCUT2D eigenvalue weighted by atomic mass is 10.1. The van der Waals surface area contributed by atoms with Crippen molar-refractivity contribution < 1.29 is 4.42 Å². The molecule has 2 heterocycles. The number of furan rings is 1. The molecule has 0 spiro atoms. The van der Waals surface area contributed by atoms with E-state index in [2.05, 4.69) is 36.2 Å². The van der Waals surface area contributed by atoms with Crippen LogP contribution in [0.2, 0.25) is 0 Å². The van der Waals surface area contributed by atoms with Crippen LogP contribution in [0.5, 0.6) is 0 Å². The SMILES string of the molecule is Cc1ccc2[nH]c3ccc4occc4c3c2c1. The largest absolute Gasteiger partial charge is 0.464 e. The second-order valence-corrected chi connectivity index (χ2v) is 4.49. The fourth-order valence-corrected chi connectivity index (χ4v) is 2.56. The van der Waals surface area contributed by atoms with Gasteiger partial charge in [-0.05, 0) is 37.3 Å². The molecule has 2 heteroatoms. The monoisotopic (exact) mass is 221 g/mol. The molecule has 0 aliphatic rings. The Morgan fingerprint density at radius 3 is 2.76 bits per heavy atom. The Morgan fingerprint density at radius 1 is 0.941 bits per heavy atom. The van der Waals surface area contributed by atoms with Crippen molar-refractivity contribution >= 4 is 32.8 Å². The van der Waals surface area contributed by atoms with Crippen molar-refractivity contribution in [3.05, 3.63) is 48.2 Å². The smallest absolute Gasteiger partial charge is 0.134 e. The summed E-state index contributed by atoms with van der Waals surface area (Å²) in [5.74, 6) is 0. The molecular weight excluding hydrogens is 210 g/mol. The molecule has 0 amide bonds. The zero-order valence-electron chi connectivity index (χ0n) is 9.45. The summed E-state index contributed by atoms with van der Waals surface area (Å²) in [6.07, 6.45) is 1.75. The van der Waals surface area contributed by atoms with E-state index in [0.29, 0.717) is 0 Å². The Kier molecular flexibility index (Phi) is 1.52. The minimum Gasteiger partial charge on any atom is -0.464 e. The van der Waals surface area contributed by atoms with Gasteiger partial charge >= 0.3 is 0 Å². The molecule has 17 heavy (non-hydrogen) atoms. The highest BCUT2D eigenvalue weighted by Crippen LogP contribution is 2.32. The van der Waals surface area contributed by atoms with Crippen LogP contribution in [0.1, 0.15) is 5.56 Å². The number of fused-ring (bicyclic) bond motifs is 5. The molecule has 0 radical (unpaired) electrons. The normalized spacial score (nSPS) is 11.8. The molecule has 1 N–H and O–H groups in total. The molecule has 2 nitrogen and oxygen atoms in total. The van der Waals surface area contributed by atoms with Gasteiger partial charge in [-0.25, -0.2) is 0 Å². The summed E-state index contributed by atoms with van der Waals surface area (Å²) in [6, 6.07) is 12.6. The summed E-state index contributed by atoms with van der Waals surface area (Å²) in [6.45, 7) is 2.12. The Balaban J connectivity index is 2.37. The molecule has 82 valence electrons. The molecule has 4 rings (SSSR count). The van der Waals surface area contributed by atoms with E-state index in [0.717, 1.165) is 5.58 Å². The average molecular weight is 221 g/mol. The highest BCUT2D eigenvalue weighted by Gasteiger charge is 2.09. The zero-order chi connectivity index (χ0) is 11.4. The summed E-state index contributed by atoms with van der Waals surface area (Å²) >= 11 is 0. The van der Waals surface area contributed by atoms with Gasteiger partial charge in [0, 0.05) is 27.2 Å². The van der Waals surface area contributed by atoms with Crippen molar-refractivity contribution in [2.45, 2.75) is 6.92 Å². The van der Waals surface area contributed by atoms with Crippen molar-refractivity contribution in [3.63, 3.8) is 0 Å². The molecular formula is C15H11NO. The first kappa shape index (κ1) is 8.88. The fraction of sp³-hybridized carbons (Fsp3) is 0.0667. The third-order valence-electron chi connectivity index (χ3n) is 3.35. The predicted molar refractivity (Wildman–Crippen MR) is 70.3 cm³/mol. The number of aryl methyl sites for hydroxylation is 1. The zero-order valence-corrected chi connectivity index (χ0v) is 9.45. The van der Waals surface area contributed by atoms with Crippen LogP contribution in [-0.4, -0.2) is 4.98 Å². The van der Waals surface area contributed by atoms with Gasteiger partial charge in [-0.1, -0.05) is 11.6 Å². The molecule has 0 unspecified atom stereocenters. The molecule has 0 saturated carbocycles. The van der Waals surface area contributed by atoms with E-state index in [1.54, 1.807) is 6.26 Å². The molecule has 4 aromatic rings. The minimum absolute atomic E-state index is 0.944. The van der Waals surface area contributed by atoms with Gasteiger partial charge in [-0.3, -0.25) is 0 Å². The summed E-state index contributed by atoms with van der Waals surface area (Å²) in [5.41, 5.74) is 4.57.